The van der Waals surface area contributed by atoms with E-state index in [1.807, 2.05) is 30.3 Å². The van der Waals surface area contributed by atoms with E-state index in [0.29, 0.717) is 11.3 Å². The highest BCUT2D eigenvalue weighted by Gasteiger charge is 2.59. The lowest BCUT2D eigenvalue weighted by atomic mass is 9.80. The molecular formula is C31H25F3N8O2. The number of hydrogen-bond acceptors (Lipinski definition) is 9. The average molecular weight is 599 g/mol. The SMILES string of the molecule is O=Cc1ccc(N2CCN(c3ccc(-c4ccc(C(F)(F)[C@]5(O)Cn6nnnc6-c6cc(F)ccc65)nc4)cc3)CC2)cn1. The first-order valence-corrected chi connectivity index (χ1v) is 13.9. The quantitative estimate of drug-likeness (QED) is 0.289. The van der Waals surface area contributed by atoms with Gasteiger partial charge in [-0.1, -0.05) is 24.3 Å². The fraction of sp³-hybridized carbons (Fsp3) is 0.226. The van der Waals surface area contributed by atoms with Crippen LogP contribution in [-0.2, 0) is 18.1 Å². The van der Waals surface area contributed by atoms with E-state index < -0.39 is 29.6 Å². The zero-order valence-corrected chi connectivity index (χ0v) is 23.2. The molecule has 2 aromatic carbocycles. The number of tetrazole rings is 1. The number of halogens is 3. The van der Waals surface area contributed by atoms with E-state index in [9.17, 15) is 14.3 Å². The van der Waals surface area contributed by atoms with Crippen molar-refractivity contribution < 1.29 is 23.1 Å². The summed E-state index contributed by atoms with van der Waals surface area (Å²) in [5, 5.41) is 22.5. The summed E-state index contributed by atoms with van der Waals surface area (Å²) >= 11 is 0. The standard InChI is InChI=1S/C31H25F3N8O2/c32-22-4-9-27-26(15-22)29-37-38-39-42(29)19-30(27,44)31(33,34)28-10-3-21(16-36-28)20-1-6-24(7-2-20)40-11-13-41(14-12-40)25-8-5-23(18-43)35-17-25/h1-10,15-18,44H,11-14,19H2/t30-/m0/s1. The van der Waals surface area contributed by atoms with Gasteiger partial charge >= 0.3 is 5.92 Å². The molecule has 10 nitrogen and oxygen atoms in total. The lowest BCUT2D eigenvalue weighted by Gasteiger charge is -2.39. The maximum Gasteiger partial charge on any atom is 0.323 e. The van der Waals surface area contributed by atoms with Crippen molar-refractivity contribution in [1.82, 2.24) is 30.2 Å². The highest BCUT2D eigenvalue weighted by molar-refractivity contribution is 5.72. The van der Waals surface area contributed by atoms with E-state index >= 15 is 8.78 Å². The number of aldehydes is 1. The molecule has 1 saturated heterocycles. The number of alkyl halides is 2. The summed E-state index contributed by atoms with van der Waals surface area (Å²) in [4.78, 5) is 23.6. The summed E-state index contributed by atoms with van der Waals surface area (Å²) in [6, 6.07) is 17.3. The van der Waals surface area contributed by atoms with Crippen LogP contribution in [0.1, 0.15) is 21.7 Å². The van der Waals surface area contributed by atoms with Crippen molar-refractivity contribution in [3.8, 4) is 22.5 Å². The molecule has 0 radical (unpaired) electrons. The van der Waals surface area contributed by atoms with E-state index in [4.69, 9.17) is 0 Å². The van der Waals surface area contributed by atoms with Crippen molar-refractivity contribution >= 4 is 17.7 Å². The predicted molar refractivity (Wildman–Crippen MR) is 155 cm³/mol. The molecule has 7 rings (SSSR count). The zero-order chi connectivity index (χ0) is 30.5. The summed E-state index contributed by atoms with van der Waals surface area (Å²) in [5.41, 5.74) is 0.249. The van der Waals surface area contributed by atoms with Gasteiger partial charge in [-0.25, -0.2) is 9.07 Å². The van der Waals surface area contributed by atoms with Gasteiger partial charge in [-0.05, 0) is 58.5 Å². The van der Waals surface area contributed by atoms with Crippen molar-refractivity contribution in [2.24, 2.45) is 0 Å². The Morgan fingerprint density at radius 2 is 1.55 bits per heavy atom. The molecule has 0 aliphatic carbocycles. The number of rotatable bonds is 6. The molecule has 44 heavy (non-hydrogen) atoms. The molecule has 2 aliphatic heterocycles. The maximum absolute atomic E-state index is 16.1. The van der Waals surface area contributed by atoms with Crippen LogP contribution >= 0.6 is 0 Å². The number of aromatic nitrogens is 6. The molecule has 0 bridgehead atoms. The summed E-state index contributed by atoms with van der Waals surface area (Å²) in [6.45, 7) is 2.55. The zero-order valence-electron chi connectivity index (χ0n) is 23.2. The minimum atomic E-state index is -3.86. The Kier molecular flexibility index (Phi) is 6.61. The third-order valence-corrected chi connectivity index (χ3v) is 8.29. The number of carbonyl (C=O) groups is 1. The number of carbonyl (C=O) groups excluding carboxylic acids is 1. The fourth-order valence-corrected chi connectivity index (χ4v) is 5.84. The first kappa shape index (κ1) is 27.7. The number of anilines is 2. The number of benzene rings is 2. The third kappa shape index (κ3) is 4.56. The smallest absolute Gasteiger partial charge is 0.323 e. The van der Waals surface area contributed by atoms with Crippen LogP contribution in [0.2, 0.25) is 0 Å². The largest absolute Gasteiger partial charge is 0.377 e. The molecule has 13 heteroatoms. The van der Waals surface area contributed by atoms with Gasteiger partial charge in [0.15, 0.2) is 17.7 Å². The lowest BCUT2D eigenvalue weighted by Crippen LogP contribution is -2.49. The molecule has 0 saturated carbocycles. The average Bonchev–Trinajstić information content (AvgIpc) is 3.53. The van der Waals surface area contributed by atoms with Crippen molar-refractivity contribution in [1.29, 1.82) is 0 Å². The highest BCUT2D eigenvalue weighted by atomic mass is 19.3. The first-order valence-electron chi connectivity index (χ1n) is 13.9. The Morgan fingerprint density at radius 3 is 2.20 bits per heavy atom. The van der Waals surface area contributed by atoms with Gasteiger partial charge < -0.3 is 14.9 Å². The monoisotopic (exact) mass is 598 g/mol. The fourth-order valence-electron chi connectivity index (χ4n) is 5.84. The number of nitrogens with zero attached hydrogens (tertiary/aromatic N) is 8. The number of aliphatic hydroxyl groups is 1. The molecule has 3 aromatic heterocycles. The lowest BCUT2D eigenvalue weighted by molar-refractivity contribution is -0.207. The van der Waals surface area contributed by atoms with E-state index in [2.05, 4.69) is 35.3 Å². The van der Waals surface area contributed by atoms with Crippen molar-refractivity contribution in [2.75, 3.05) is 36.0 Å². The minimum absolute atomic E-state index is 0.00759. The first-order chi connectivity index (χ1) is 21.3. The van der Waals surface area contributed by atoms with E-state index in [-0.39, 0.29) is 17.0 Å². The Labute approximate surface area is 249 Å². The molecule has 0 amide bonds. The number of fused-ring (bicyclic) bond motifs is 3. The highest BCUT2D eigenvalue weighted by Crippen LogP contribution is 2.50. The van der Waals surface area contributed by atoms with Crippen LogP contribution < -0.4 is 9.80 Å². The molecule has 222 valence electrons. The number of hydrogen-bond donors (Lipinski definition) is 1. The molecule has 0 unspecified atom stereocenters. The van der Waals surface area contributed by atoms with Gasteiger partial charge in [0.2, 0.25) is 0 Å². The molecular weight excluding hydrogens is 573 g/mol. The second-order valence-electron chi connectivity index (χ2n) is 10.8. The molecule has 1 atom stereocenters. The molecule has 1 fully saturated rings. The summed E-state index contributed by atoms with van der Waals surface area (Å²) in [7, 11) is 0. The van der Waals surface area contributed by atoms with Crippen LogP contribution in [0.25, 0.3) is 22.5 Å². The molecule has 2 aliphatic rings. The minimum Gasteiger partial charge on any atom is -0.377 e. The van der Waals surface area contributed by atoms with Crippen molar-refractivity contribution in [2.45, 2.75) is 18.1 Å². The Morgan fingerprint density at radius 1 is 0.841 bits per heavy atom. The Hall–Kier alpha value is -5.17. The van der Waals surface area contributed by atoms with E-state index in [1.165, 1.54) is 18.3 Å². The van der Waals surface area contributed by atoms with E-state index in [0.717, 1.165) is 72.3 Å². The van der Waals surface area contributed by atoms with Crippen LogP contribution in [0.4, 0.5) is 24.5 Å². The summed E-state index contributed by atoms with van der Waals surface area (Å²) < 4.78 is 47.2. The molecule has 0 spiro atoms. The molecule has 5 aromatic rings. The van der Waals surface area contributed by atoms with Crippen LogP contribution in [0.5, 0.6) is 0 Å². The summed E-state index contributed by atoms with van der Waals surface area (Å²) in [6.07, 6.45) is 3.78. The van der Waals surface area contributed by atoms with Gasteiger partial charge in [0, 0.05) is 54.8 Å². The van der Waals surface area contributed by atoms with Crippen molar-refractivity contribution in [3.05, 3.63) is 102 Å². The maximum atomic E-state index is 16.1. The second-order valence-corrected chi connectivity index (χ2v) is 10.8. The van der Waals surface area contributed by atoms with E-state index in [1.54, 1.807) is 12.3 Å². The summed E-state index contributed by atoms with van der Waals surface area (Å²) in [5.74, 6) is -4.43. The normalized spacial score (nSPS) is 18.1. The predicted octanol–water partition coefficient (Wildman–Crippen LogP) is 4.07. The van der Waals surface area contributed by atoms with Crippen molar-refractivity contribution in [3.63, 3.8) is 0 Å². The van der Waals surface area contributed by atoms with Gasteiger partial charge in [-0.2, -0.15) is 8.78 Å². The van der Waals surface area contributed by atoms with Crippen LogP contribution in [0.3, 0.4) is 0 Å². The van der Waals surface area contributed by atoms with Gasteiger partial charge in [0.05, 0.1) is 18.4 Å². The van der Waals surface area contributed by atoms with Gasteiger partial charge in [-0.3, -0.25) is 14.8 Å². The molecule has 1 N–H and O–H groups in total. The number of piperazine rings is 1. The Bertz CT molecular complexity index is 1820. The molecule has 5 heterocycles. The van der Waals surface area contributed by atoms with Crippen LogP contribution in [-0.4, -0.2) is 67.7 Å². The van der Waals surface area contributed by atoms with Crippen LogP contribution in [0.15, 0.2) is 79.1 Å². The van der Waals surface area contributed by atoms with Gasteiger partial charge in [0.1, 0.15) is 17.2 Å². The second kappa shape index (κ2) is 10.5. The topological polar surface area (TPSA) is 113 Å². The van der Waals surface area contributed by atoms with Gasteiger partial charge in [-0.15, -0.1) is 5.10 Å². The third-order valence-electron chi connectivity index (χ3n) is 8.29. The Balaban J connectivity index is 1.07. The number of pyridine rings is 2. The van der Waals surface area contributed by atoms with Gasteiger partial charge in [0.25, 0.3) is 0 Å². The van der Waals surface area contributed by atoms with Crippen LogP contribution in [0, 0.1) is 5.82 Å².